The van der Waals surface area contributed by atoms with Gasteiger partial charge in [0.05, 0.1) is 13.2 Å². The molecule has 1 fully saturated rings. The van der Waals surface area contributed by atoms with Crippen LogP contribution in [0.2, 0.25) is 0 Å². The Kier molecular flexibility index (Phi) is 9.74. The van der Waals surface area contributed by atoms with E-state index >= 15 is 0 Å². The molecule has 8 nitrogen and oxygen atoms in total. The number of carbonyl (C=O) groups excluding carboxylic acids is 3. The van der Waals surface area contributed by atoms with Crippen LogP contribution in [0.5, 0.6) is 0 Å². The number of amides is 1. The zero-order chi connectivity index (χ0) is 23.0. The maximum atomic E-state index is 12.6. The molecule has 2 atom stereocenters. The number of methoxy groups -OCH3 is 1. The molecule has 0 aromatic carbocycles. The van der Waals surface area contributed by atoms with Gasteiger partial charge in [0.2, 0.25) is 5.91 Å². The summed E-state index contributed by atoms with van der Waals surface area (Å²) in [6, 6.07) is 1.50. The summed E-state index contributed by atoms with van der Waals surface area (Å²) in [6.45, 7) is 5.20. The van der Waals surface area contributed by atoms with Crippen LogP contribution < -0.4 is 5.32 Å². The maximum absolute atomic E-state index is 12.6. The minimum absolute atomic E-state index is 0.0204. The van der Waals surface area contributed by atoms with Crippen molar-refractivity contribution in [2.24, 2.45) is 0 Å². The molecule has 0 aliphatic heterocycles. The summed E-state index contributed by atoms with van der Waals surface area (Å²) >= 11 is 3.32. The van der Waals surface area contributed by atoms with Gasteiger partial charge in [0.15, 0.2) is 0 Å². The molecule has 0 bridgehead atoms. The van der Waals surface area contributed by atoms with Gasteiger partial charge in [-0.25, -0.2) is 9.78 Å². The number of hydrogen-bond donors (Lipinski definition) is 1. The lowest BCUT2D eigenvalue weighted by Crippen LogP contribution is -2.52. The van der Waals surface area contributed by atoms with Crippen LogP contribution in [0.15, 0.2) is 16.7 Å². The molecule has 0 spiro atoms. The second kappa shape index (κ2) is 12.0. The predicted molar refractivity (Wildman–Crippen MR) is 121 cm³/mol. The van der Waals surface area contributed by atoms with Crippen molar-refractivity contribution < 1.29 is 23.9 Å². The van der Waals surface area contributed by atoms with Gasteiger partial charge in [0, 0.05) is 37.1 Å². The van der Waals surface area contributed by atoms with Crippen molar-refractivity contribution in [2.45, 2.75) is 77.5 Å². The Morgan fingerprint density at radius 2 is 1.94 bits per heavy atom. The number of hydrogen-bond acceptors (Lipinski definition) is 7. The number of carbonyl (C=O) groups is 3. The van der Waals surface area contributed by atoms with Crippen molar-refractivity contribution in [3.05, 3.63) is 22.3 Å². The third-order valence-electron chi connectivity index (χ3n) is 5.57. The van der Waals surface area contributed by atoms with Gasteiger partial charge in [-0.05, 0) is 48.2 Å². The van der Waals surface area contributed by atoms with Gasteiger partial charge >= 0.3 is 11.9 Å². The Bertz CT molecular complexity index is 782. The van der Waals surface area contributed by atoms with E-state index in [2.05, 4.69) is 26.2 Å². The summed E-state index contributed by atoms with van der Waals surface area (Å²) in [7, 11) is 1.32. The number of anilines is 1. The third kappa shape index (κ3) is 7.19. The lowest BCUT2D eigenvalue weighted by atomic mass is 9.91. The highest BCUT2D eigenvalue weighted by molar-refractivity contribution is 9.10. The zero-order valence-corrected chi connectivity index (χ0v) is 20.2. The van der Waals surface area contributed by atoms with Gasteiger partial charge in [-0.1, -0.05) is 19.3 Å². The van der Waals surface area contributed by atoms with Crippen molar-refractivity contribution in [3.8, 4) is 0 Å². The molecule has 0 radical (unpaired) electrons. The van der Waals surface area contributed by atoms with Crippen molar-refractivity contribution >= 4 is 39.6 Å². The predicted octanol–water partition coefficient (Wildman–Crippen LogP) is 3.93. The molecule has 1 aliphatic rings. The molecule has 1 saturated carbocycles. The monoisotopic (exact) mass is 497 g/mol. The molecule has 172 valence electrons. The Labute approximate surface area is 192 Å². The number of halogens is 1. The summed E-state index contributed by atoms with van der Waals surface area (Å²) < 4.78 is 11.0. The first-order valence-electron chi connectivity index (χ1n) is 10.7. The van der Waals surface area contributed by atoms with E-state index < -0.39 is 12.1 Å². The van der Waals surface area contributed by atoms with E-state index in [0.717, 1.165) is 25.7 Å². The molecular weight excluding hydrogens is 466 g/mol. The molecule has 1 aromatic heterocycles. The van der Waals surface area contributed by atoms with E-state index in [1.54, 1.807) is 19.2 Å². The second-order valence-electron chi connectivity index (χ2n) is 7.86. The van der Waals surface area contributed by atoms with Gasteiger partial charge in [-0.3, -0.25) is 9.59 Å². The van der Waals surface area contributed by atoms with Crippen LogP contribution in [0.1, 0.15) is 69.7 Å². The number of rotatable bonds is 9. The van der Waals surface area contributed by atoms with Crippen molar-refractivity contribution in [1.29, 1.82) is 0 Å². The molecule has 1 N–H and O–H groups in total. The Morgan fingerprint density at radius 3 is 2.52 bits per heavy atom. The highest BCUT2D eigenvalue weighted by Gasteiger charge is 2.34. The molecule has 31 heavy (non-hydrogen) atoms. The second-order valence-corrected chi connectivity index (χ2v) is 8.77. The lowest BCUT2D eigenvalue weighted by molar-refractivity contribution is -0.154. The van der Waals surface area contributed by atoms with E-state index in [4.69, 9.17) is 9.47 Å². The molecule has 0 saturated heterocycles. The molecule has 9 heteroatoms. The largest absolute Gasteiger partial charge is 0.465 e. The fraction of sp³-hybridized carbons (Fsp3) is 0.636. The van der Waals surface area contributed by atoms with Gasteiger partial charge in [-0.2, -0.15) is 0 Å². The average molecular weight is 498 g/mol. The van der Waals surface area contributed by atoms with E-state index in [1.165, 1.54) is 20.5 Å². The molecule has 1 heterocycles. The fourth-order valence-corrected chi connectivity index (χ4v) is 4.58. The molecule has 2 unspecified atom stereocenters. The smallest absolute Gasteiger partial charge is 0.341 e. The first kappa shape index (κ1) is 25.1. The average Bonchev–Trinajstić information content (AvgIpc) is 2.73. The first-order chi connectivity index (χ1) is 14.7. The van der Waals surface area contributed by atoms with Crippen molar-refractivity contribution in [3.63, 3.8) is 0 Å². The number of nitrogens with zero attached hydrogens (tertiary/aromatic N) is 2. The van der Waals surface area contributed by atoms with Crippen LogP contribution in [-0.4, -0.2) is 59.6 Å². The number of pyridine rings is 1. The van der Waals surface area contributed by atoms with E-state index in [9.17, 15) is 14.4 Å². The Balaban J connectivity index is 2.19. The molecule has 2 rings (SSSR count). The van der Waals surface area contributed by atoms with Crippen LogP contribution >= 0.6 is 15.9 Å². The third-order valence-corrected chi connectivity index (χ3v) is 6.01. The Morgan fingerprint density at radius 1 is 1.26 bits per heavy atom. The zero-order valence-electron chi connectivity index (χ0n) is 18.7. The van der Waals surface area contributed by atoms with Gasteiger partial charge in [-0.15, -0.1) is 0 Å². The quantitative estimate of drug-likeness (QED) is 0.515. The molecule has 1 amide bonds. The highest BCUT2D eigenvalue weighted by atomic mass is 79.9. The van der Waals surface area contributed by atoms with Crippen LogP contribution in [0, 0.1) is 0 Å². The molecule has 1 aromatic rings. The molecular formula is C22H32BrN3O5. The minimum atomic E-state index is -0.492. The highest BCUT2D eigenvalue weighted by Crippen LogP contribution is 2.27. The summed E-state index contributed by atoms with van der Waals surface area (Å²) in [6.07, 6.45) is 6.94. The van der Waals surface area contributed by atoms with E-state index in [0.29, 0.717) is 28.8 Å². The number of esters is 2. The van der Waals surface area contributed by atoms with Crippen LogP contribution in [0.3, 0.4) is 0 Å². The number of aromatic nitrogens is 1. The Hall–Kier alpha value is -2.16. The van der Waals surface area contributed by atoms with Crippen molar-refractivity contribution in [1.82, 2.24) is 9.88 Å². The maximum Gasteiger partial charge on any atom is 0.341 e. The van der Waals surface area contributed by atoms with Crippen LogP contribution in [0.4, 0.5) is 5.82 Å². The van der Waals surface area contributed by atoms with Crippen molar-refractivity contribution in [2.75, 3.05) is 19.0 Å². The van der Waals surface area contributed by atoms with Crippen LogP contribution in [0.25, 0.3) is 0 Å². The lowest BCUT2D eigenvalue weighted by Gasteiger charge is -2.41. The standard InChI is InChI=1S/C22H32BrN3O5/c1-14(31-16(3)28)20(26(15(2)27)18-8-6-5-7-9-18)10-11-24-21-19(22(29)30-4)12-17(23)13-25-21/h12-14,18,20H,5-11H2,1-4H3,(H,24,25). The number of nitrogens with one attached hydrogen (secondary N) is 1. The number of ether oxygens (including phenoxy) is 2. The minimum Gasteiger partial charge on any atom is -0.465 e. The van der Waals surface area contributed by atoms with E-state index in [1.807, 2.05) is 11.8 Å². The summed E-state index contributed by atoms with van der Waals surface area (Å²) in [5.41, 5.74) is 0.317. The SMILES string of the molecule is COC(=O)c1cc(Br)cnc1NCCC(C(C)OC(C)=O)N(C(C)=O)C1CCCCC1. The van der Waals surface area contributed by atoms with Crippen LogP contribution in [-0.2, 0) is 19.1 Å². The van der Waals surface area contributed by atoms with Gasteiger partial charge < -0.3 is 19.7 Å². The summed E-state index contributed by atoms with van der Waals surface area (Å²) in [5, 5.41) is 3.18. The van der Waals surface area contributed by atoms with E-state index in [-0.39, 0.29) is 24.0 Å². The normalized spacial score (nSPS) is 16.2. The van der Waals surface area contributed by atoms with Gasteiger partial charge in [0.25, 0.3) is 0 Å². The topological polar surface area (TPSA) is 97.8 Å². The summed E-state index contributed by atoms with van der Waals surface area (Å²) in [4.78, 5) is 42.5. The summed E-state index contributed by atoms with van der Waals surface area (Å²) in [5.74, 6) is -0.484. The van der Waals surface area contributed by atoms with Gasteiger partial charge in [0.1, 0.15) is 17.5 Å². The molecule has 1 aliphatic carbocycles. The first-order valence-corrected chi connectivity index (χ1v) is 11.5. The fourth-order valence-electron chi connectivity index (χ4n) is 4.25.